The number of likely N-dealkylation sites (tertiary alicyclic amines) is 1. The molecule has 2 amide bonds. The number of nitrogen functional groups attached to an aromatic ring is 1. The number of amides is 2. The number of carbonyl (C=O) groups excluding carboxylic acids is 2. The number of rotatable bonds is 5. The Hall–Kier alpha value is -3.49. The van der Waals surface area contributed by atoms with E-state index in [-0.39, 0.29) is 17.9 Å². The number of piperidine rings is 1. The highest BCUT2D eigenvalue weighted by molar-refractivity contribution is 7.19. The molecule has 0 spiro atoms. The van der Waals surface area contributed by atoms with Crippen LogP contribution in [-0.4, -0.2) is 45.8 Å². The van der Waals surface area contributed by atoms with Gasteiger partial charge in [-0.15, -0.1) is 0 Å². The Labute approximate surface area is 210 Å². The van der Waals surface area contributed by atoms with Crippen molar-refractivity contribution in [2.75, 3.05) is 18.8 Å². The molecule has 2 aromatic carbocycles. The van der Waals surface area contributed by atoms with E-state index in [1.807, 2.05) is 47.4 Å². The van der Waals surface area contributed by atoms with Gasteiger partial charge in [0.05, 0.1) is 22.0 Å². The van der Waals surface area contributed by atoms with Crippen molar-refractivity contribution in [2.24, 2.45) is 11.8 Å². The first-order valence-electron chi connectivity index (χ1n) is 11.4. The number of aromatic nitrogens is 2. The normalized spacial score (nSPS) is 20.6. The van der Waals surface area contributed by atoms with Crippen molar-refractivity contribution in [1.82, 2.24) is 20.2 Å². The molecule has 6 rings (SSSR count). The van der Waals surface area contributed by atoms with Crippen LogP contribution in [0.15, 0.2) is 60.8 Å². The van der Waals surface area contributed by atoms with Crippen LogP contribution < -0.4 is 11.1 Å². The summed E-state index contributed by atoms with van der Waals surface area (Å²) in [6, 6.07) is 16.6. The number of fused-ring (bicyclic) bond motifs is 2. The quantitative estimate of drug-likeness (QED) is 0.418. The van der Waals surface area contributed by atoms with Gasteiger partial charge < -0.3 is 16.0 Å². The maximum atomic E-state index is 13.7. The smallest absolute Gasteiger partial charge is 0.274 e. The second kappa shape index (κ2) is 8.62. The van der Waals surface area contributed by atoms with Crippen molar-refractivity contribution in [3.8, 4) is 10.4 Å². The van der Waals surface area contributed by atoms with E-state index in [1.165, 1.54) is 11.3 Å². The molecule has 176 valence electrons. The number of nitrogens with one attached hydrogen (secondary N) is 1. The Balaban J connectivity index is 1.23. The standard InChI is InChI=1S/C26H22ClN5O2S/c27-17-7-1-5-15(10-17)23-22(31-26(28)35-23)25(34)32-13-16-11-19(16)20(32)12-30-24(33)18-8-2-4-14-6-3-9-29-21(14)18/h1-10,16,19-20H,11-13H2,(H2,28,31)(H,30,33)/t16-,19-,20-/m1/s1. The van der Waals surface area contributed by atoms with Crippen LogP contribution >= 0.6 is 22.9 Å². The lowest BCUT2D eigenvalue weighted by atomic mass is 10.1. The summed E-state index contributed by atoms with van der Waals surface area (Å²) in [6.45, 7) is 1.04. The summed E-state index contributed by atoms with van der Waals surface area (Å²) < 4.78 is 0. The number of anilines is 1. The van der Waals surface area contributed by atoms with E-state index in [4.69, 9.17) is 17.3 Å². The maximum absolute atomic E-state index is 13.7. The van der Waals surface area contributed by atoms with Crippen LogP contribution in [0.3, 0.4) is 0 Å². The molecule has 1 aliphatic carbocycles. The first kappa shape index (κ1) is 22.0. The minimum absolute atomic E-state index is 0.0884. The molecule has 1 saturated heterocycles. The average Bonchev–Trinajstić information content (AvgIpc) is 3.38. The molecule has 1 saturated carbocycles. The summed E-state index contributed by atoms with van der Waals surface area (Å²) in [4.78, 5) is 38.0. The Bertz CT molecular complexity index is 1470. The van der Waals surface area contributed by atoms with Crippen molar-refractivity contribution in [3.05, 3.63) is 77.1 Å². The van der Waals surface area contributed by atoms with Gasteiger partial charge in [-0.1, -0.05) is 53.3 Å². The van der Waals surface area contributed by atoms with Gasteiger partial charge in [0.25, 0.3) is 11.8 Å². The van der Waals surface area contributed by atoms with Gasteiger partial charge in [0.2, 0.25) is 0 Å². The lowest BCUT2D eigenvalue weighted by Crippen LogP contribution is -2.45. The topological polar surface area (TPSA) is 101 Å². The highest BCUT2D eigenvalue weighted by Crippen LogP contribution is 2.50. The molecule has 0 bridgehead atoms. The highest BCUT2D eigenvalue weighted by atomic mass is 35.5. The Morgan fingerprint density at radius 3 is 2.86 bits per heavy atom. The van der Waals surface area contributed by atoms with Gasteiger partial charge in [0, 0.05) is 29.7 Å². The van der Waals surface area contributed by atoms with E-state index < -0.39 is 0 Å². The van der Waals surface area contributed by atoms with E-state index in [2.05, 4.69) is 15.3 Å². The van der Waals surface area contributed by atoms with Crippen molar-refractivity contribution in [3.63, 3.8) is 0 Å². The van der Waals surface area contributed by atoms with Crippen molar-refractivity contribution < 1.29 is 9.59 Å². The molecule has 7 nitrogen and oxygen atoms in total. The van der Waals surface area contributed by atoms with Crippen molar-refractivity contribution in [2.45, 2.75) is 12.5 Å². The third kappa shape index (κ3) is 4.02. The number of thiazole rings is 1. The Kier molecular flexibility index (Phi) is 5.42. The number of hydrogen-bond donors (Lipinski definition) is 2. The highest BCUT2D eigenvalue weighted by Gasteiger charge is 2.54. The first-order chi connectivity index (χ1) is 17.0. The third-order valence-corrected chi connectivity index (χ3v) is 8.01. The van der Waals surface area contributed by atoms with Gasteiger partial charge in [-0.3, -0.25) is 14.6 Å². The van der Waals surface area contributed by atoms with E-state index in [0.717, 1.165) is 17.4 Å². The second-order valence-corrected chi connectivity index (χ2v) is 10.5. The summed E-state index contributed by atoms with van der Waals surface area (Å²) in [7, 11) is 0. The summed E-state index contributed by atoms with van der Waals surface area (Å²) in [5.41, 5.74) is 8.36. The van der Waals surface area contributed by atoms with E-state index in [0.29, 0.717) is 56.7 Å². The molecule has 2 aromatic heterocycles. The zero-order valence-corrected chi connectivity index (χ0v) is 20.2. The van der Waals surface area contributed by atoms with Crippen LogP contribution in [0, 0.1) is 11.8 Å². The number of nitrogens with zero attached hydrogens (tertiary/aromatic N) is 3. The van der Waals surface area contributed by atoms with E-state index >= 15 is 0 Å². The van der Waals surface area contributed by atoms with Crippen LogP contribution in [0.5, 0.6) is 0 Å². The molecule has 9 heteroatoms. The fourth-order valence-electron chi connectivity index (χ4n) is 5.09. The minimum atomic E-state index is -0.191. The summed E-state index contributed by atoms with van der Waals surface area (Å²) >= 11 is 7.46. The molecular weight excluding hydrogens is 482 g/mol. The number of benzene rings is 2. The maximum Gasteiger partial charge on any atom is 0.274 e. The second-order valence-electron chi connectivity index (χ2n) is 9.02. The molecule has 4 aromatic rings. The lowest BCUT2D eigenvalue weighted by molar-refractivity contribution is 0.0691. The fraction of sp³-hybridized carbons (Fsp3) is 0.231. The zero-order chi connectivity index (χ0) is 24.1. The Morgan fingerprint density at radius 1 is 1.17 bits per heavy atom. The molecule has 3 heterocycles. The molecule has 0 radical (unpaired) electrons. The van der Waals surface area contributed by atoms with Gasteiger partial charge in [0.15, 0.2) is 5.13 Å². The molecule has 3 N–H and O–H groups in total. The van der Waals surface area contributed by atoms with E-state index in [1.54, 1.807) is 18.3 Å². The predicted octanol–water partition coefficient (Wildman–Crippen LogP) is 4.48. The zero-order valence-electron chi connectivity index (χ0n) is 18.6. The molecular formula is C26H22ClN5O2S. The lowest BCUT2D eigenvalue weighted by Gasteiger charge is -2.27. The summed E-state index contributed by atoms with van der Waals surface area (Å²) in [6.07, 6.45) is 2.75. The van der Waals surface area contributed by atoms with Gasteiger partial charge in [-0.25, -0.2) is 4.98 Å². The van der Waals surface area contributed by atoms with Gasteiger partial charge in [-0.2, -0.15) is 0 Å². The molecule has 35 heavy (non-hydrogen) atoms. The summed E-state index contributed by atoms with van der Waals surface area (Å²) in [5.74, 6) is 0.496. The van der Waals surface area contributed by atoms with Crippen LogP contribution in [0.25, 0.3) is 21.3 Å². The number of pyridine rings is 1. The van der Waals surface area contributed by atoms with Gasteiger partial charge in [-0.05, 0) is 48.1 Å². The van der Waals surface area contributed by atoms with Crippen molar-refractivity contribution >= 4 is 50.8 Å². The van der Waals surface area contributed by atoms with E-state index in [9.17, 15) is 9.59 Å². The number of halogens is 1. The van der Waals surface area contributed by atoms with Gasteiger partial charge in [0.1, 0.15) is 5.69 Å². The minimum Gasteiger partial charge on any atom is -0.375 e. The predicted molar refractivity (Wildman–Crippen MR) is 137 cm³/mol. The monoisotopic (exact) mass is 503 g/mol. The summed E-state index contributed by atoms with van der Waals surface area (Å²) in [5, 5.41) is 4.88. The van der Waals surface area contributed by atoms with Crippen LogP contribution in [0.2, 0.25) is 5.02 Å². The third-order valence-electron chi connectivity index (χ3n) is 6.85. The number of hydrogen-bond acceptors (Lipinski definition) is 6. The van der Waals surface area contributed by atoms with Crippen molar-refractivity contribution in [1.29, 1.82) is 0 Å². The molecule has 0 unspecified atom stereocenters. The van der Waals surface area contributed by atoms with Crippen LogP contribution in [-0.2, 0) is 0 Å². The molecule has 3 atom stereocenters. The SMILES string of the molecule is Nc1nc(C(=O)N2C[C@H]3C[C@H]3[C@H]2CNC(=O)c2cccc3cccnc23)c(-c2cccc(Cl)c2)s1. The fourth-order valence-corrected chi connectivity index (χ4v) is 6.10. The van der Waals surface area contributed by atoms with Crippen LogP contribution in [0.4, 0.5) is 5.13 Å². The van der Waals surface area contributed by atoms with Gasteiger partial charge >= 0.3 is 0 Å². The average molecular weight is 504 g/mol. The Morgan fingerprint density at radius 2 is 2.00 bits per heavy atom. The molecule has 2 aliphatic rings. The molecule has 2 fully saturated rings. The molecule has 1 aliphatic heterocycles. The largest absolute Gasteiger partial charge is 0.375 e. The number of para-hydroxylation sites is 1. The van der Waals surface area contributed by atoms with Crippen LogP contribution in [0.1, 0.15) is 27.3 Å². The first-order valence-corrected chi connectivity index (χ1v) is 12.6. The number of carbonyl (C=O) groups is 2. The number of nitrogens with two attached hydrogens (primary N) is 1.